The number of hydrogen-bond donors (Lipinski definition) is 3. The number of aliphatic hydroxyl groups is 2. The molecule has 3 N–H and O–H groups in total. The molecule has 0 fully saturated rings. The monoisotopic (exact) mass is 874 g/mol. The molecule has 0 heterocycles. The Morgan fingerprint density at radius 3 is 1.15 bits per heavy atom. The van der Waals surface area contributed by atoms with Crippen LogP contribution in [0.25, 0.3) is 0 Å². The second kappa shape index (κ2) is 52.0. The summed E-state index contributed by atoms with van der Waals surface area (Å²) < 4.78 is 5.48. The summed E-state index contributed by atoms with van der Waals surface area (Å²) >= 11 is 0. The Morgan fingerprint density at radius 1 is 0.435 bits per heavy atom. The highest BCUT2D eigenvalue weighted by Crippen LogP contribution is 2.16. The van der Waals surface area contributed by atoms with E-state index in [1.54, 1.807) is 6.08 Å². The molecule has 0 aromatic carbocycles. The summed E-state index contributed by atoms with van der Waals surface area (Å²) in [6, 6.07) is -0.632. The van der Waals surface area contributed by atoms with Gasteiger partial charge in [0, 0.05) is 12.8 Å². The van der Waals surface area contributed by atoms with Crippen LogP contribution in [0.15, 0.2) is 24.3 Å². The molecule has 0 aliphatic rings. The zero-order valence-corrected chi connectivity index (χ0v) is 41.6. The number of amides is 1. The first kappa shape index (κ1) is 60.3. The van der Waals surface area contributed by atoms with Gasteiger partial charge in [-0.05, 0) is 57.8 Å². The number of carbonyl (C=O) groups excluding carboxylic acids is 2. The minimum Gasteiger partial charge on any atom is -0.466 e. The average Bonchev–Trinajstić information content (AvgIpc) is 3.27. The van der Waals surface area contributed by atoms with Gasteiger partial charge in [-0.25, -0.2) is 0 Å². The molecule has 0 aliphatic carbocycles. The van der Waals surface area contributed by atoms with Crippen LogP contribution in [-0.2, 0) is 14.3 Å². The third-order valence-electron chi connectivity index (χ3n) is 12.7. The number of hydrogen-bond acceptors (Lipinski definition) is 5. The number of carbonyl (C=O) groups is 2. The van der Waals surface area contributed by atoms with Crippen molar-refractivity contribution < 1.29 is 24.5 Å². The lowest BCUT2D eigenvalue weighted by Gasteiger charge is -2.20. The van der Waals surface area contributed by atoms with E-state index < -0.39 is 12.1 Å². The van der Waals surface area contributed by atoms with Crippen molar-refractivity contribution >= 4 is 11.9 Å². The Bertz CT molecular complexity index is 966. The molecule has 0 rings (SSSR count). The van der Waals surface area contributed by atoms with Crippen LogP contribution in [0.4, 0.5) is 0 Å². The number of allylic oxidation sites excluding steroid dienone is 3. The third kappa shape index (κ3) is 47.8. The molecule has 62 heavy (non-hydrogen) atoms. The zero-order valence-electron chi connectivity index (χ0n) is 41.6. The van der Waals surface area contributed by atoms with E-state index in [-0.39, 0.29) is 18.5 Å². The summed E-state index contributed by atoms with van der Waals surface area (Å²) in [6.45, 7) is 4.87. The minimum absolute atomic E-state index is 0.00674. The molecule has 0 saturated carbocycles. The molecule has 6 heteroatoms. The van der Waals surface area contributed by atoms with Gasteiger partial charge in [0.25, 0.3) is 0 Å². The molecule has 0 aromatic rings. The molecule has 0 spiro atoms. The fourth-order valence-corrected chi connectivity index (χ4v) is 8.45. The fourth-order valence-electron chi connectivity index (χ4n) is 8.45. The molecule has 0 aliphatic heterocycles. The van der Waals surface area contributed by atoms with Crippen LogP contribution in [0.2, 0.25) is 0 Å². The molecule has 0 saturated heterocycles. The summed E-state index contributed by atoms with van der Waals surface area (Å²) in [6.07, 6.45) is 62.0. The Morgan fingerprint density at radius 2 is 0.758 bits per heavy atom. The van der Waals surface area contributed by atoms with E-state index in [2.05, 4.69) is 31.3 Å². The summed E-state index contributed by atoms with van der Waals surface area (Å²) in [5.74, 6) is -0.0734. The second-order valence-electron chi connectivity index (χ2n) is 18.9. The van der Waals surface area contributed by atoms with Gasteiger partial charge in [-0.2, -0.15) is 0 Å². The average molecular weight is 874 g/mol. The van der Waals surface area contributed by atoms with Crippen molar-refractivity contribution in [1.82, 2.24) is 5.32 Å². The van der Waals surface area contributed by atoms with E-state index in [1.807, 2.05) is 6.08 Å². The quantitative estimate of drug-likeness (QED) is 0.0321. The van der Waals surface area contributed by atoms with Crippen LogP contribution in [0.1, 0.15) is 296 Å². The Labute approximate surface area is 386 Å². The molecular weight excluding hydrogens is 767 g/mol. The van der Waals surface area contributed by atoms with Crippen molar-refractivity contribution in [1.29, 1.82) is 0 Å². The number of unbranched alkanes of at least 4 members (excludes halogenated alkanes) is 38. The zero-order chi connectivity index (χ0) is 45.1. The fraction of sp³-hybridized carbons (Fsp3) is 0.893. The minimum atomic E-state index is -0.848. The number of ether oxygens (including phenoxy) is 1. The summed E-state index contributed by atoms with van der Waals surface area (Å²) in [7, 11) is 0. The van der Waals surface area contributed by atoms with Crippen molar-refractivity contribution in [3.05, 3.63) is 24.3 Å². The highest BCUT2D eigenvalue weighted by Gasteiger charge is 2.18. The first-order valence-corrected chi connectivity index (χ1v) is 27.6. The van der Waals surface area contributed by atoms with Gasteiger partial charge in [-0.1, -0.05) is 250 Å². The van der Waals surface area contributed by atoms with Crippen molar-refractivity contribution in [3.63, 3.8) is 0 Å². The van der Waals surface area contributed by atoms with Crippen LogP contribution >= 0.6 is 0 Å². The van der Waals surface area contributed by atoms with Gasteiger partial charge in [-0.15, -0.1) is 0 Å². The van der Waals surface area contributed by atoms with Crippen molar-refractivity contribution in [2.45, 2.75) is 309 Å². The second-order valence-corrected chi connectivity index (χ2v) is 18.9. The van der Waals surface area contributed by atoms with Crippen molar-refractivity contribution in [3.8, 4) is 0 Å². The summed E-state index contributed by atoms with van der Waals surface area (Å²) in [5.41, 5.74) is 0. The van der Waals surface area contributed by atoms with Crippen LogP contribution < -0.4 is 5.32 Å². The van der Waals surface area contributed by atoms with Gasteiger partial charge in [0.05, 0.1) is 25.4 Å². The molecule has 366 valence electrons. The smallest absolute Gasteiger partial charge is 0.305 e. The largest absolute Gasteiger partial charge is 0.466 e. The van der Waals surface area contributed by atoms with Crippen LogP contribution in [0.5, 0.6) is 0 Å². The standard InChI is InChI=1S/C56H107NO5/c1-3-5-7-9-11-13-14-15-16-20-24-27-30-34-38-42-46-50-56(61)62-51-47-43-39-35-31-28-25-22-19-17-18-21-23-26-29-33-37-41-45-49-55(60)57-53(52-58)54(59)48-44-40-36-32-12-10-8-6-4-2/h17-18,44,48,53-54,58-59H,3-16,19-43,45-47,49-52H2,1-2H3,(H,57,60)/b18-17-,48-44+. The maximum absolute atomic E-state index is 12.4. The van der Waals surface area contributed by atoms with Gasteiger partial charge >= 0.3 is 5.97 Å². The van der Waals surface area contributed by atoms with Crippen molar-refractivity contribution in [2.75, 3.05) is 13.2 Å². The lowest BCUT2D eigenvalue weighted by molar-refractivity contribution is -0.143. The molecule has 0 aromatic heterocycles. The molecule has 1 amide bonds. The van der Waals surface area contributed by atoms with E-state index in [0.717, 1.165) is 44.9 Å². The van der Waals surface area contributed by atoms with Crippen molar-refractivity contribution in [2.24, 2.45) is 0 Å². The van der Waals surface area contributed by atoms with E-state index >= 15 is 0 Å². The van der Waals surface area contributed by atoms with Gasteiger partial charge < -0.3 is 20.3 Å². The Hall–Kier alpha value is -1.66. The van der Waals surface area contributed by atoms with Gasteiger partial charge in [0.1, 0.15) is 0 Å². The summed E-state index contributed by atoms with van der Waals surface area (Å²) in [4.78, 5) is 24.4. The van der Waals surface area contributed by atoms with Crippen LogP contribution in [0.3, 0.4) is 0 Å². The summed E-state index contributed by atoms with van der Waals surface area (Å²) in [5, 5.41) is 22.9. The number of aliphatic hydroxyl groups excluding tert-OH is 2. The van der Waals surface area contributed by atoms with E-state index in [1.165, 1.54) is 225 Å². The first-order valence-electron chi connectivity index (χ1n) is 27.6. The van der Waals surface area contributed by atoms with Gasteiger partial charge in [-0.3, -0.25) is 9.59 Å². The predicted octanol–water partition coefficient (Wildman–Crippen LogP) is 16.7. The molecule has 2 atom stereocenters. The molecule has 2 unspecified atom stereocenters. The van der Waals surface area contributed by atoms with E-state index in [4.69, 9.17) is 4.74 Å². The molecule has 6 nitrogen and oxygen atoms in total. The topological polar surface area (TPSA) is 95.9 Å². The lowest BCUT2D eigenvalue weighted by Crippen LogP contribution is -2.45. The number of nitrogens with one attached hydrogen (secondary N) is 1. The molecular formula is C56H107NO5. The van der Waals surface area contributed by atoms with E-state index in [9.17, 15) is 19.8 Å². The maximum atomic E-state index is 12.4. The predicted molar refractivity (Wildman–Crippen MR) is 269 cm³/mol. The first-order chi connectivity index (χ1) is 30.5. The maximum Gasteiger partial charge on any atom is 0.305 e. The van der Waals surface area contributed by atoms with E-state index in [0.29, 0.717) is 19.4 Å². The highest BCUT2D eigenvalue weighted by atomic mass is 16.5. The Balaban J connectivity index is 3.41. The molecule has 0 radical (unpaired) electrons. The van der Waals surface area contributed by atoms with Crippen LogP contribution in [-0.4, -0.2) is 47.4 Å². The number of rotatable bonds is 51. The Kier molecular flexibility index (Phi) is 50.6. The SMILES string of the molecule is CCCCCCCCC/C=C/C(O)C(CO)NC(=O)CCCCCCCCC/C=C\CCCCCCCCCCOC(=O)CCCCCCCCCCCCCCCCCCC. The van der Waals surface area contributed by atoms with Gasteiger partial charge in [0.2, 0.25) is 5.91 Å². The van der Waals surface area contributed by atoms with Crippen LogP contribution in [0, 0.1) is 0 Å². The normalized spacial score (nSPS) is 12.8. The lowest BCUT2D eigenvalue weighted by atomic mass is 10.0. The van der Waals surface area contributed by atoms with Gasteiger partial charge in [0.15, 0.2) is 0 Å². The third-order valence-corrected chi connectivity index (χ3v) is 12.7. The molecule has 0 bridgehead atoms. The highest BCUT2D eigenvalue weighted by molar-refractivity contribution is 5.76. The number of esters is 1.